The third kappa shape index (κ3) is 6.85. The van der Waals surface area contributed by atoms with Gasteiger partial charge in [-0.2, -0.15) is 0 Å². The summed E-state index contributed by atoms with van der Waals surface area (Å²) in [5, 5.41) is 3.31. The van der Waals surface area contributed by atoms with Gasteiger partial charge in [0.15, 0.2) is 0 Å². The van der Waals surface area contributed by atoms with Crippen molar-refractivity contribution in [2.24, 2.45) is 0 Å². The summed E-state index contributed by atoms with van der Waals surface area (Å²) < 4.78 is 0. The van der Waals surface area contributed by atoms with Gasteiger partial charge in [-0.15, -0.1) is 0 Å². The number of nitrogens with zero attached hydrogens (tertiary/aromatic N) is 1. The Labute approximate surface area is 114 Å². The average molecular weight is 252 g/mol. The molecule has 0 aromatic rings. The monoisotopic (exact) mass is 252 g/mol. The number of rotatable bonds is 9. The van der Waals surface area contributed by atoms with Crippen LogP contribution in [-0.4, -0.2) is 31.6 Å². The molecule has 0 aromatic heterocycles. The van der Waals surface area contributed by atoms with Crippen LogP contribution in [0.3, 0.4) is 0 Å². The Morgan fingerprint density at radius 1 is 1.06 bits per heavy atom. The lowest BCUT2D eigenvalue weighted by Crippen LogP contribution is -2.27. The molecule has 0 fully saturated rings. The van der Waals surface area contributed by atoms with Crippen LogP contribution in [0.25, 0.3) is 0 Å². The first kappa shape index (κ1) is 17.2. The van der Waals surface area contributed by atoms with E-state index in [2.05, 4.69) is 50.9 Å². The predicted molar refractivity (Wildman–Crippen MR) is 82.8 cm³/mol. The molecule has 2 heteroatoms. The predicted octanol–water partition coefficient (Wildman–Crippen LogP) is 3.96. The highest BCUT2D eigenvalue weighted by atomic mass is 15.1. The average Bonchev–Trinajstić information content (AvgIpc) is 2.35. The van der Waals surface area contributed by atoms with Crippen molar-refractivity contribution >= 4 is 0 Å². The second kappa shape index (κ2) is 10.2. The number of nitrogens with one attached hydrogen (secondary N) is 1. The summed E-state index contributed by atoms with van der Waals surface area (Å²) in [4.78, 5) is 2.54. The Kier molecular flexibility index (Phi) is 9.76. The maximum atomic E-state index is 3.31. The molecule has 0 saturated heterocycles. The second-order valence-electron chi connectivity index (χ2n) is 5.06. The summed E-state index contributed by atoms with van der Waals surface area (Å²) in [6.07, 6.45) is 5.87. The Bertz CT molecular complexity index is 271. The molecular formula is C16H32N2. The fraction of sp³-hybridized carbons (Fsp3) is 0.750. The standard InChI is InChI=1S/C16H32N2/c1-7-10-18(11-8-2)13-14(4)12-16(17-6)15(5)9-3/h12,17H,7-11,13H2,1-6H3/b14-12+,16-15+. The van der Waals surface area contributed by atoms with Crippen molar-refractivity contribution in [1.82, 2.24) is 10.2 Å². The first-order valence-electron chi connectivity index (χ1n) is 7.35. The van der Waals surface area contributed by atoms with Gasteiger partial charge < -0.3 is 5.32 Å². The van der Waals surface area contributed by atoms with Gasteiger partial charge in [-0.3, -0.25) is 4.90 Å². The van der Waals surface area contributed by atoms with E-state index in [9.17, 15) is 0 Å². The van der Waals surface area contributed by atoms with Crippen LogP contribution in [0, 0.1) is 0 Å². The molecule has 1 N–H and O–H groups in total. The third-order valence-electron chi connectivity index (χ3n) is 3.20. The van der Waals surface area contributed by atoms with Crippen molar-refractivity contribution in [2.45, 2.75) is 53.9 Å². The molecule has 0 saturated carbocycles. The molecule has 0 amide bonds. The number of hydrogen-bond donors (Lipinski definition) is 1. The van der Waals surface area contributed by atoms with Crippen molar-refractivity contribution < 1.29 is 0 Å². The zero-order chi connectivity index (χ0) is 14.0. The molecule has 0 rings (SSSR count). The molecule has 0 aliphatic carbocycles. The van der Waals surface area contributed by atoms with Gasteiger partial charge in [-0.25, -0.2) is 0 Å². The van der Waals surface area contributed by atoms with E-state index in [1.54, 1.807) is 0 Å². The maximum absolute atomic E-state index is 3.31. The zero-order valence-corrected chi connectivity index (χ0v) is 13.3. The van der Waals surface area contributed by atoms with Gasteiger partial charge in [-0.1, -0.05) is 31.9 Å². The third-order valence-corrected chi connectivity index (χ3v) is 3.20. The first-order valence-corrected chi connectivity index (χ1v) is 7.35. The van der Waals surface area contributed by atoms with Gasteiger partial charge in [0, 0.05) is 19.3 Å². The van der Waals surface area contributed by atoms with E-state index < -0.39 is 0 Å². The fourth-order valence-corrected chi connectivity index (χ4v) is 2.15. The maximum Gasteiger partial charge on any atom is 0.0326 e. The van der Waals surface area contributed by atoms with E-state index in [1.807, 2.05) is 7.05 Å². The molecule has 0 atom stereocenters. The molecule has 0 aliphatic heterocycles. The number of hydrogen-bond acceptors (Lipinski definition) is 2. The van der Waals surface area contributed by atoms with Crippen molar-refractivity contribution in [1.29, 1.82) is 0 Å². The lowest BCUT2D eigenvalue weighted by molar-refractivity contribution is 0.297. The quantitative estimate of drug-likeness (QED) is 0.625. The number of likely N-dealkylation sites (N-methyl/N-ethyl adjacent to an activating group) is 1. The molecule has 2 nitrogen and oxygen atoms in total. The molecule has 106 valence electrons. The topological polar surface area (TPSA) is 15.3 Å². The molecule has 0 spiro atoms. The molecule has 0 aliphatic rings. The van der Waals surface area contributed by atoms with Crippen LogP contribution in [0.15, 0.2) is 22.9 Å². The zero-order valence-electron chi connectivity index (χ0n) is 13.3. The molecule has 18 heavy (non-hydrogen) atoms. The molecule has 0 unspecified atom stereocenters. The summed E-state index contributed by atoms with van der Waals surface area (Å²) in [6, 6.07) is 0. The van der Waals surface area contributed by atoms with Crippen molar-refractivity contribution in [2.75, 3.05) is 26.7 Å². The summed E-state index contributed by atoms with van der Waals surface area (Å²) in [6.45, 7) is 14.6. The van der Waals surface area contributed by atoms with Gasteiger partial charge in [0.2, 0.25) is 0 Å². The van der Waals surface area contributed by atoms with Gasteiger partial charge in [0.1, 0.15) is 0 Å². The first-order chi connectivity index (χ1) is 8.58. The van der Waals surface area contributed by atoms with E-state index in [1.165, 1.54) is 42.8 Å². The van der Waals surface area contributed by atoms with Crippen molar-refractivity contribution in [3.05, 3.63) is 22.9 Å². The summed E-state index contributed by atoms with van der Waals surface area (Å²) in [5.41, 5.74) is 4.14. The van der Waals surface area contributed by atoms with Crippen LogP contribution in [0.2, 0.25) is 0 Å². The van der Waals surface area contributed by atoms with Gasteiger partial charge in [0.05, 0.1) is 0 Å². The highest BCUT2D eigenvalue weighted by Gasteiger charge is 2.04. The Morgan fingerprint density at radius 3 is 2.00 bits per heavy atom. The van der Waals surface area contributed by atoms with E-state index in [0.29, 0.717) is 0 Å². The minimum Gasteiger partial charge on any atom is -0.388 e. The highest BCUT2D eigenvalue weighted by molar-refractivity contribution is 5.26. The SMILES string of the molecule is CCCN(CCC)C/C(C)=C/C(NC)=C(/C)CC. The summed E-state index contributed by atoms with van der Waals surface area (Å²) in [5.74, 6) is 0. The molecule has 0 heterocycles. The van der Waals surface area contributed by atoms with Crippen molar-refractivity contribution in [3.63, 3.8) is 0 Å². The number of allylic oxidation sites excluding steroid dienone is 2. The minimum atomic E-state index is 1.09. The molecule has 0 radical (unpaired) electrons. The normalized spacial score (nSPS) is 13.8. The van der Waals surface area contributed by atoms with Crippen LogP contribution in [0.4, 0.5) is 0 Å². The molecule has 0 aromatic carbocycles. The largest absolute Gasteiger partial charge is 0.388 e. The van der Waals surface area contributed by atoms with E-state index in [0.717, 1.165) is 13.0 Å². The molecular weight excluding hydrogens is 220 g/mol. The van der Waals surface area contributed by atoms with Crippen molar-refractivity contribution in [3.8, 4) is 0 Å². The lowest BCUT2D eigenvalue weighted by atomic mass is 10.1. The van der Waals surface area contributed by atoms with Gasteiger partial charge in [-0.05, 0) is 52.3 Å². The van der Waals surface area contributed by atoms with E-state index >= 15 is 0 Å². The summed E-state index contributed by atoms with van der Waals surface area (Å²) in [7, 11) is 2.01. The Hall–Kier alpha value is -0.760. The smallest absolute Gasteiger partial charge is 0.0326 e. The second-order valence-corrected chi connectivity index (χ2v) is 5.06. The van der Waals surface area contributed by atoms with Crippen LogP contribution in [0.1, 0.15) is 53.9 Å². The van der Waals surface area contributed by atoms with Crippen LogP contribution >= 0.6 is 0 Å². The van der Waals surface area contributed by atoms with E-state index in [-0.39, 0.29) is 0 Å². The Morgan fingerprint density at radius 2 is 1.61 bits per heavy atom. The molecule has 0 bridgehead atoms. The highest BCUT2D eigenvalue weighted by Crippen LogP contribution is 2.10. The van der Waals surface area contributed by atoms with E-state index in [4.69, 9.17) is 0 Å². The van der Waals surface area contributed by atoms with Crippen LogP contribution in [-0.2, 0) is 0 Å². The van der Waals surface area contributed by atoms with Crippen LogP contribution < -0.4 is 5.32 Å². The van der Waals surface area contributed by atoms with Crippen LogP contribution in [0.5, 0.6) is 0 Å². The fourth-order valence-electron chi connectivity index (χ4n) is 2.15. The van der Waals surface area contributed by atoms with Gasteiger partial charge in [0.25, 0.3) is 0 Å². The Balaban J connectivity index is 4.65. The minimum absolute atomic E-state index is 1.09. The van der Waals surface area contributed by atoms with Gasteiger partial charge >= 0.3 is 0 Å². The lowest BCUT2D eigenvalue weighted by Gasteiger charge is -2.21. The summed E-state index contributed by atoms with van der Waals surface area (Å²) >= 11 is 0.